The first-order valence-electron chi connectivity index (χ1n) is 6.75. The summed E-state index contributed by atoms with van der Waals surface area (Å²) in [7, 11) is 0. The highest BCUT2D eigenvalue weighted by Crippen LogP contribution is 2.43. The Morgan fingerprint density at radius 3 is 2.68 bits per heavy atom. The Morgan fingerprint density at radius 2 is 2.16 bits per heavy atom. The van der Waals surface area contributed by atoms with Gasteiger partial charge in [-0.05, 0) is 38.5 Å². The summed E-state index contributed by atoms with van der Waals surface area (Å²) in [5.41, 5.74) is 6.79. The Hall–Kier alpha value is -1.54. The van der Waals surface area contributed by atoms with Crippen LogP contribution in [0, 0.1) is 23.2 Å². The number of thiophene rings is 1. The van der Waals surface area contributed by atoms with Crippen LogP contribution < -0.4 is 11.1 Å². The highest BCUT2D eigenvalue weighted by molar-refractivity contribution is 7.19. The Labute approximate surface area is 116 Å². The monoisotopic (exact) mass is 275 g/mol. The molecule has 0 bridgehead atoms. The van der Waals surface area contributed by atoms with Gasteiger partial charge in [-0.1, -0.05) is 0 Å². The van der Waals surface area contributed by atoms with Crippen molar-refractivity contribution in [3.63, 3.8) is 0 Å². The molecule has 3 rings (SSSR count). The number of nitrogens with two attached hydrogens (primary N) is 1. The number of nitrogens with zero attached hydrogens (tertiary/aromatic N) is 1. The molecule has 19 heavy (non-hydrogen) atoms. The first-order chi connectivity index (χ1) is 9.11. The number of hydrogen-bond acceptors (Lipinski definition) is 5. The van der Waals surface area contributed by atoms with E-state index in [-0.39, 0.29) is 11.7 Å². The predicted molar refractivity (Wildman–Crippen MR) is 76.3 cm³/mol. The SMILES string of the molecule is CC(Nc1sc(C(=O)C2CC2)c(N)c1C#N)C1CC1. The van der Waals surface area contributed by atoms with E-state index in [4.69, 9.17) is 5.73 Å². The molecule has 2 aliphatic carbocycles. The Kier molecular flexibility index (Phi) is 2.98. The van der Waals surface area contributed by atoms with Gasteiger partial charge < -0.3 is 11.1 Å². The molecule has 1 unspecified atom stereocenters. The second kappa shape index (κ2) is 4.53. The van der Waals surface area contributed by atoms with Crippen molar-refractivity contribution >= 4 is 27.8 Å². The fourth-order valence-corrected chi connectivity index (χ4v) is 3.48. The normalized spacial score (nSPS) is 19.8. The molecule has 0 spiro atoms. The van der Waals surface area contributed by atoms with Crippen LogP contribution in [0.5, 0.6) is 0 Å². The molecule has 0 aromatic carbocycles. The van der Waals surface area contributed by atoms with Crippen molar-refractivity contribution in [1.82, 2.24) is 0 Å². The summed E-state index contributed by atoms with van der Waals surface area (Å²) in [5.74, 6) is 0.949. The van der Waals surface area contributed by atoms with Crippen molar-refractivity contribution in [2.24, 2.45) is 11.8 Å². The van der Waals surface area contributed by atoms with E-state index >= 15 is 0 Å². The molecule has 100 valence electrons. The highest BCUT2D eigenvalue weighted by atomic mass is 32.1. The molecule has 5 heteroatoms. The lowest BCUT2D eigenvalue weighted by Gasteiger charge is -2.12. The maximum absolute atomic E-state index is 12.1. The van der Waals surface area contributed by atoms with E-state index in [0.717, 1.165) is 17.8 Å². The van der Waals surface area contributed by atoms with E-state index in [2.05, 4.69) is 18.3 Å². The average Bonchev–Trinajstić information content (AvgIpc) is 3.28. The van der Waals surface area contributed by atoms with E-state index in [0.29, 0.717) is 28.1 Å². The van der Waals surface area contributed by atoms with Crippen LogP contribution >= 0.6 is 11.3 Å². The zero-order valence-corrected chi connectivity index (χ0v) is 11.7. The summed E-state index contributed by atoms with van der Waals surface area (Å²) in [6, 6.07) is 2.48. The Morgan fingerprint density at radius 1 is 1.47 bits per heavy atom. The van der Waals surface area contributed by atoms with Gasteiger partial charge in [-0.25, -0.2) is 0 Å². The van der Waals surface area contributed by atoms with Gasteiger partial charge in [0.1, 0.15) is 16.6 Å². The molecular weight excluding hydrogens is 258 g/mol. The molecule has 1 heterocycles. The Balaban J connectivity index is 1.88. The maximum Gasteiger partial charge on any atom is 0.178 e. The quantitative estimate of drug-likeness (QED) is 0.810. The van der Waals surface area contributed by atoms with Crippen molar-refractivity contribution in [1.29, 1.82) is 5.26 Å². The van der Waals surface area contributed by atoms with Crippen molar-refractivity contribution in [3.05, 3.63) is 10.4 Å². The number of anilines is 2. The fraction of sp³-hybridized carbons (Fsp3) is 0.571. The van der Waals surface area contributed by atoms with Crippen LogP contribution in [-0.2, 0) is 0 Å². The lowest BCUT2D eigenvalue weighted by Crippen LogP contribution is -2.16. The Bertz CT molecular complexity index is 564. The van der Waals surface area contributed by atoms with Gasteiger partial charge in [0.05, 0.1) is 10.6 Å². The molecule has 0 aliphatic heterocycles. The van der Waals surface area contributed by atoms with Gasteiger partial charge in [-0.15, -0.1) is 11.3 Å². The first-order valence-corrected chi connectivity index (χ1v) is 7.56. The van der Waals surface area contributed by atoms with E-state index in [1.807, 2.05) is 0 Å². The van der Waals surface area contributed by atoms with Crippen molar-refractivity contribution in [3.8, 4) is 6.07 Å². The van der Waals surface area contributed by atoms with Crippen molar-refractivity contribution in [2.75, 3.05) is 11.1 Å². The zero-order valence-electron chi connectivity index (χ0n) is 10.9. The van der Waals surface area contributed by atoms with Crippen LogP contribution in [0.25, 0.3) is 0 Å². The predicted octanol–water partition coefficient (Wildman–Crippen LogP) is 3.01. The molecule has 1 aromatic rings. The van der Waals surface area contributed by atoms with Crippen LogP contribution in [0.4, 0.5) is 10.7 Å². The van der Waals surface area contributed by atoms with Gasteiger partial charge in [-0.3, -0.25) is 4.79 Å². The molecule has 2 fully saturated rings. The van der Waals surface area contributed by atoms with Crippen LogP contribution in [0.2, 0.25) is 0 Å². The molecule has 0 saturated heterocycles. The van der Waals surface area contributed by atoms with E-state index in [1.54, 1.807) is 0 Å². The average molecular weight is 275 g/mol. The lowest BCUT2D eigenvalue weighted by atomic mass is 10.1. The maximum atomic E-state index is 12.1. The summed E-state index contributed by atoms with van der Waals surface area (Å²) < 4.78 is 0. The van der Waals surface area contributed by atoms with Gasteiger partial charge in [0.2, 0.25) is 0 Å². The number of carbonyl (C=O) groups excluding carboxylic acids is 1. The number of nitrogens with one attached hydrogen (secondary N) is 1. The smallest absolute Gasteiger partial charge is 0.178 e. The summed E-state index contributed by atoms with van der Waals surface area (Å²) in [4.78, 5) is 12.7. The molecule has 4 nitrogen and oxygen atoms in total. The number of hydrogen-bond donors (Lipinski definition) is 2. The van der Waals surface area contributed by atoms with Crippen molar-refractivity contribution in [2.45, 2.75) is 38.6 Å². The zero-order chi connectivity index (χ0) is 13.6. The first kappa shape index (κ1) is 12.5. The second-order valence-electron chi connectivity index (χ2n) is 5.57. The fourth-order valence-electron chi connectivity index (χ4n) is 2.29. The van der Waals surface area contributed by atoms with Crippen LogP contribution in [0.15, 0.2) is 0 Å². The lowest BCUT2D eigenvalue weighted by molar-refractivity contribution is 0.0972. The molecule has 1 atom stereocenters. The second-order valence-corrected chi connectivity index (χ2v) is 6.59. The summed E-state index contributed by atoms with van der Waals surface area (Å²) >= 11 is 1.35. The molecule has 1 aromatic heterocycles. The molecule has 3 N–H and O–H groups in total. The number of nitriles is 1. The number of rotatable bonds is 5. The minimum absolute atomic E-state index is 0.117. The van der Waals surface area contributed by atoms with Gasteiger partial charge in [0.25, 0.3) is 0 Å². The molecular formula is C14H17N3OS. The highest BCUT2D eigenvalue weighted by Gasteiger charge is 2.35. The number of carbonyl (C=O) groups is 1. The largest absolute Gasteiger partial charge is 0.396 e. The molecule has 2 aliphatic rings. The molecule has 2 saturated carbocycles. The van der Waals surface area contributed by atoms with Crippen LogP contribution in [-0.4, -0.2) is 11.8 Å². The topological polar surface area (TPSA) is 78.9 Å². The summed E-state index contributed by atoms with van der Waals surface area (Å²) in [6.45, 7) is 2.12. The molecule has 0 amide bonds. The number of ketones is 1. The summed E-state index contributed by atoms with van der Waals surface area (Å²) in [5, 5.41) is 13.4. The number of Topliss-reactive ketones (excluding diaryl/α,β-unsaturated/α-hetero) is 1. The van der Waals surface area contributed by atoms with Gasteiger partial charge in [-0.2, -0.15) is 5.26 Å². The van der Waals surface area contributed by atoms with Gasteiger partial charge in [0.15, 0.2) is 5.78 Å². The van der Waals surface area contributed by atoms with E-state index in [9.17, 15) is 10.1 Å². The third-order valence-electron chi connectivity index (χ3n) is 3.92. The van der Waals surface area contributed by atoms with E-state index in [1.165, 1.54) is 24.2 Å². The minimum atomic E-state index is 0.117. The van der Waals surface area contributed by atoms with E-state index < -0.39 is 0 Å². The summed E-state index contributed by atoms with van der Waals surface area (Å²) in [6.07, 6.45) is 4.40. The van der Waals surface area contributed by atoms with Crippen LogP contribution in [0.3, 0.4) is 0 Å². The third-order valence-corrected chi connectivity index (χ3v) is 5.07. The standard InChI is InChI=1S/C14H17N3OS/c1-7(8-2-3-8)17-14-10(6-15)11(16)13(19-14)12(18)9-4-5-9/h7-9,17H,2-5,16H2,1H3. The minimum Gasteiger partial charge on any atom is -0.396 e. The van der Waals surface area contributed by atoms with Gasteiger partial charge in [0, 0.05) is 12.0 Å². The number of nitrogen functional groups attached to an aromatic ring is 1. The third kappa shape index (κ3) is 2.33. The van der Waals surface area contributed by atoms with Gasteiger partial charge >= 0.3 is 0 Å². The molecule has 0 radical (unpaired) electrons. The van der Waals surface area contributed by atoms with Crippen LogP contribution in [0.1, 0.15) is 47.8 Å². The van der Waals surface area contributed by atoms with Crippen molar-refractivity contribution < 1.29 is 4.79 Å².